The van der Waals surface area contributed by atoms with Gasteiger partial charge in [0.15, 0.2) is 17.2 Å². The quantitative estimate of drug-likeness (QED) is 0.354. The first-order valence-electron chi connectivity index (χ1n) is 10.5. The lowest BCUT2D eigenvalue weighted by molar-refractivity contribution is -0.200. The van der Waals surface area contributed by atoms with Gasteiger partial charge in [-0.1, -0.05) is 4.73 Å². The number of nitrogens with one attached hydrogen (secondary N) is 2. The summed E-state index contributed by atoms with van der Waals surface area (Å²) in [6.07, 6.45) is -4.43. The summed E-state index contributed by atoms with van der Waals surface area (Å²) in [6.45, 7) is 5.28. The van der Waals surface area contributed by atoms with Crippen molar-refractivity contribution in [3.63, 3.8) is 0 Å². The average molecular weight is 521 g/mol. The normalized spacial score (nSPS) is 11.5. The van der Waals surface area contributed by atoms with Gasteiger partial charge in [-0.25, -0.2) is 19.0 Å². The number of alkyl halides is 3. The van der Waals surface area contributed by atoms with E-state index in [1.807, 2.05) is 19.9 Å². The third-order valence-corrected chi connectivity index (χ3v) is 5.34. The standard InChI is InChI=1S/C23H19F4N5O5/c1-10-5-14(8-17(35-4)12(10)3)30-21-28-9-15(24)19(31-21)29-13-6-11(2)18-16(7-13)32(22(34)36-18)37-20(33)23(25,26)27/h5-9H,1-4H3,(H2,28,29,30,31). The highest BCUT2D eigenvalue weighted by Gasteiger charge is 2.42. The maximum absolute atomic E-state index is 14.5. The lowest BCUT2D eigenvalue weighted by Crippen LogP contribution is -2.36. The Bertz CT molecular complexity index is 1580. The number of rotatable bonds is 6. The monoisotopic (exact) mass is 521 g/mol. The summed E-state index contributed by atoms with van der Waals surface area (Å²) in [6, 6.07) is 6.12. The Hall–Kier alpha value is -4.62. The summed E-state index contributed by atoms with van der Waals surface area (Å²) in [5, 5.41) is 5.64. The van der Waals surface area contributed by atoms with Gasteiger partial charge in [0.25, 0.3) is 0 Å². The third kappa shape index (κ3) is 5.17. The van der Waals surface area contributed by atoms with Crippen LogP contribution in [0.15, 0.2) is 39.7 Å². The van der Waals surface area contributed by atoms with Gasteiger partial charge in [-0.3, -0.25) is 0 Å². The molecule has 0 bridgehead atoms. The third-order valence-electron chi connectivity index (χ3n) is 5.34. The Morgan fingerprint density at radius 1 is 1.05 bits per heavy atom. The summed E-state index contributed by atoms with van der Waals surface area (Å²) in [7, 11) is 1.53. The number of carbonyl (C=O) groups is 1. The Labute approximate surface area is 205 Å². The van der Waals surface area contributed by atoms with Gasteiger partial charge in [0, 0.05) is 17.4 Å². The minimum Gasteiger partial charge on any atom is -0.496 e. The van der Waals surface area contributed by atoms with E-state index < -0.39 is 23.7 Å². The fourth-order valence-electron chi connectivity index (χ4n) is 3.45. The molecule has 194 valence electrons. The van der Waals surface area contributed by atoms with E-state index in [-0.39, 0.29) is 38.8 Å². The zero-order chi connectivity index (χ0) is 27.1. The zero-order valence-corrected chi connectivity index (χ0v) is 19.8. The molecule has 37 heavy (non-hydrogen) atoms. The van der Waals surface area contributed by atoms with Crippen LogP contribution in [0.4, 0.5) is 40.7 Å². The number of oxazole rings is 1. The second-order valence-electron chi connectivity index (χ2n) is 7.94. The van der Waals surface area contributed by atoms with Crippen molar-refractivity contribution >= 4 is 40.2 Å². The number of carbonyl (C=O) groups excluding carboxylic acids is 1. The molecule has 0 amide bonds. The molecule has 0 aliphatic heterocycles. The SMILES string of the molecule is COc1cc(Nc2ncc(F)c(Nc3cc(C)c4oc(=O)n(OC(=O)C(F)(F)F)c4c3)n2)cc(C)c1C. The zero-order valence-electron chi connectivity index (χ0n) is 19.8. The summed E-state index contributed by atoms with van der Waals surface area (Å²) < 4.78 is 62.8. The smallest absolute Gasteiger partial charge is 0.493 e. The molecule has 0 spiro atoms. The summed E-state index contributed by atoms with van der Waals surface area (Å²) >= 11 is 0. The van der Waals surface area contributed by atoms with Gasteiger partial charge in [0.1, 0.15) is 11.3 Å². The Balaban J connectivity index is 1.67. The number of halogens is 4. The number of aromatic nitrogens is 3. The van der Waals surface area contributed by atoms with Gasteiger partial charge < -0.3 is 24.6 Å². The van der Waals surface area contributed by atoms with Crippen LogP contribution in [0.1, 0.15) is 16.7 Å². The lowest BCUT2D eigenvalue weighted by Gasteiger charge is -2.13. The summed E-state index contributed by atoms with van der Waals surface area (Å²) in [4.78, 5) is 35.5. The molecule has 4 aromatic rings. The highest BCUT2D eigenvalue weighted by molar-refractivity contribution is 5.83. The first kappa shape index (κ1) is 25.5. The van der Waals surface area contributed by atoms with Crippen LogP contribution in [-0.4, -0.2) is 34.0 Å². The van der Waals surface area contributed by atoms with Gasteiger partial charge in [-0.05, 0) is 55.7 Å². The van der Waals surface area contributed by atoms with Gasteiger partial charge >= 0.3 is 17.9 Å². The van der Waals surface area contributed by atoms with Crippen molar-refractivity contribution < 1.29 is 36.3 Å². The molecule has 2 aromatic carbocycles. The summed E-state index contributed by atoms with van der Waals surface area (Å²) in [5.41, 5.74) is 2.44. The second-order valence-corrected chi connectivity index (χ2v) is 7.94. The first-order chi connectivity index (χ1) is 17.4. The van der Waals surface area contributed by atoms with Gasteiger partial charge in [-0.2, -0.15) is 18.2 Å². The predicted molar refractivity (Wildman–Crippen MR) is 124 cm³/mol. The van der Waals surface area contributed by atoms with E-state index in [1.54, 1.807) is 6.07 Å². The Kier molecular flexibility index (Phi) is 6.50. The molecule has 0 unspecified atom stereocenters. The number of fused-ring (bicyclic) bond motifs is 1. The van der Waals surface area contributed by atoms with E-state index >= 15 is 0 Å². The molecule has 0 aliphatic rings. The minimum absolute atomic E-state index is 0.0336. The van der Waals surface area contributed by atoms with Crippen molar-refractivity contribution in [3.8, 4) is 5.75 Å². The van der Waals surface area contributed by atoms with Crippen LogP contribution < -0.4 is 26.0 Å². The topological polar surface area (TPSA) is 121 Å². The maximum Gasteiger partial charge on any atom is 0.493 e. The molecular formula is C23H19F4N5O5. The van der Waals surface area contributed by atoms with Crippen LogP contribution in [0.25, 0.3) is 11.1 Å². The van der Waals surface area contributed by atoms with E-state index in [0.717, 1.165) is 23.4 Å². The van der Waals surface area contributed by atoms with Crippen LogP contribution in [0, 0.1) is 26.6 Å². The molecule has 0 radical (unpaired) electrons. The van der Waals surface area contributed by atoms with Gasteiger partial charge in [0.2, 0.25) is 5.95 Å². The van der Waals surface area contributed by atoms with Crippen LogP contribution in [-0.2, 0) is 4.79 Å². The molecule has 0 saturated heterocycles. The van der Waals surface area contributed by atoms with Crippen LogP contribution in [0.2, 0.25) is 0 Å². The van der Waals surface area contributed by atoms with Crippen molar-refractivity contribution in [1.82, 2.24) is 14.7 Å². The van der Waals surface area contributed by atoms with E-state index in [4.69, 9.17) is 9.15 Å². The van der Waals surface area contributed by atoms with Crippen molar-refractivity contribution in [2.75, 3.05) is 17.7 Å². The fraction of sp³-hybridized carbons (Fsp3) is 0.217. The highest BCUT2D eigenvalue weighted by Crippen LogP contribution is 2.29. The number of aryl methyl sites for hydroxylation is 2. The molecule has 0 saturated carbocycles. The molecular weight excluding hydrogens is 502 g/mol. The van der Waals surface area contributed by atoms with E-state index in [0.29, 0.717) is 11.4 Å². The van der Waals surface area contributed by atoms with E-state index in [2.05, 4.69) is 25.4 Å². The minimum atomic E-state index is -5.35. The van der Waals surface area contributed by atoms with Crippen LogP contribution in [0.3, 0.4) is 0 Å². The molecule has 4 rings (SSSR count). The molecule has 0 atom stereocenters. The van der Waals surface area contributed by atoms with Crippen molar-refractivity contribution in [2.45, 2.75) is 26.9 Å². The van der Waals surface area contributed by atoms with E-state index in [1.165, 1.54) is 20.1 Å². The average Bonchev–Trinajstić information content (AvgIpc) is 3.13. The molecule has 14 heteroatoms. The molecule has 0 fully saturated rings. The molecule has 2 heterocycles. The summed E-state index contributed by atoms with van der Waals surface area (Å²) in [5.74, 6) is -4.42. The molecule has 2 N–H and O–H groups in total. The number of anilines is 4. The lowest BCUT2D eigenvalue weighted by atomic mass is 10.1. The number of hydrogen-bond donors (Lipinski definition) is 2. The van der Waals surface area contributed by atoms with Crippen LogP contribution in [0.5, 0.6) is 5.75 Å². The maximum atomic E-state index is 14.5. The van der Waals surface area contributed by atoms with E-state index in [9.17, 15) is 27.2 Å². The van der Waals surface area contributed by atoms with Crippen LogP contribution >= 0.6 is 0 Å². The number of nitrogens with zero attached hydrogens (tertiary/aromatic N) is 3. The fourth-order valence-corrected chi connectivity index (χ4v) is 3.45. The number of benzene rings is 2. The van der Waals surface area contributed by atoms with Gasteiger partial charge in [-0.15, -0.1) is 0 Å². The number of hydrogen-bond acceptors (Lipinski definition) is 9. The largest absolute Gasteiger partial charge is 0.496 e. The Morgan fingerprint density at radius 3 is 2.41 bits per heavy atom. The highest BCUT2D eigenvalue weighted by atomic mass is 19.4. The molecule has 0 aliphatic carbocycles. The Morgan fingerprint density at radius 2 is 1.73 bits per heavy atom. The number of ether oxygens (including phenoxy) is 1. The first-order valence-corrected chi connectivity index (χ1v) is 10.5. The molecule has 2 aromatic heterocycles. The van der Waals surface area contributed by atoms with Gasteiger partial charge in [0.05, 0.1) is 13.3 Å². The second kappa shape index (κ2) is 9.44. The molecule has 10 nitrogen and oxygen atoms in total. The van der Waals surface area contributed by atoms with Crippen molar-refractivity contribution in [3.05, 3.63) is 63.5 Å². The number of methoxy groups -OCH3 is 1. The van der Waals surface area contributed by atoms with Crippen molar-refractivity contribution in [2.24, 2.45) is 0 Å². The van der Waals surface area contributed by atoms with Crippen molar-refractivity contribution in [1.29, 1.82) is 0 Å². The predicted octanol–water partition coefficient (Wildman–Crippen LogP) is 4.46.